The van der Waals surface area contributed by atoms with Crippen molar-refractivity contribution in [3.8, 4) is 0 Å². The molecule has 1 aromatic carbocycles. The highest BCUT2D eigenvalue weighted by Gasteiger charge is 2.36. The zero-order chi connectivity index (χ0) is 15.2. The Morgan fingerprint density at radius 1 is 1.20 bits per heavy atom. The van der Waals surface area contributed by atoms with Gasteiger partial charge in [-0.25, -0.2) is 4.31 Å². The molecule has 0 heterocycles. The molecule has 0 saturated carbocycles. The number of halogens is 3. The molecule has 0 radical (unpaired) electrons. The predicted molar refractivity (Wildman–Crippen MR) is 79.6 cm³/mol. The zero-order valence-corrected chi connectivity index (χ0v) is 13.0. The van der Waals surface area contributed by atoms with Crippen molar-refractivity contribution in [2.24, 2.45) is 5.92 Å². The molecule has 0 bridgehead atoms. The third kappa shape index (κ3) is 6.18. The van der Waals surface area contributed by atoms with E-state index in [9.17, 15) is 13.2 Å². The van der Waals surface area contributed by atoms with Gasteiger partial charge in [0.15, 0.2) is 0 Å². The van der Waals surface area contributed by atoms with Crippen molar-refractivity contribution in [2.75, 3.05) is 13.1 Å². The molecule has 0 aliphatic heterocycles. The van der Waals surface area contributed by atoms with Gasteiger partial charge in [-0.1, -0.05) is 55.6 Å². The monoisotopic (exact) mass is 305 g/mol. The van der Waals surface area contributed by atoms with E-state index in [-0.39, 0.29) is 6.54 Å². The van der Waals surface area contributed by atoms with E-state index >= 15 is 0 Å². The van der Waals surface area contributed by atoms with Gasteiger partial charge in [-0.3, -0.25) is 0 Å². The lowest BCUT2D eigenvalue weighted by atomic mass is 10.2. The Morgan fingerprint density at radius 3 is 2.30 bits per heavy atom. The molecule has 20 heavy (non-hydrogen) atoms. The third-order valence-electron chi connectivity index (χ3n) is 3.04. The van der Waals surface area contributed by atoms with Gasteiger partial charge >= 0.3 is 6.18 Å². The lowest BCUT2D eigenvalue weighted by Crippen LogP contribution is -2.32. The first-order valence-electron chi connectivity index (χ1n) is 6.83. The van der Waals surface area contributed by atoms with Crippen LogP contribution < -0.4 is 0 Å². The van der Waals surface area contributed by atoms with Crippen molar-refractivity contribution in [3.05, 3.63) is 35.4 Å². The Kier molecular flexibility index (Phi) is 6.89. The largest absolute Gasteiger partial charge is 0.392 e. The molecule has 0 aromatic heterocycles. The third-order valence-corrected chi connectivity index (χ3v) is 4.20. The minimum Gasteiger partial charge on any atom is -0.250 e. The van der Waals surface area contributed by atoms with E-state index in [0.29, 0.717) is 12.3 Å². The number of nitrogens with zero attached hydrogens (tertiary/aromatic N) is 1. The minimum atomic E-state index is -4.11. The van der Waals surface area contributed by atoms with Gasteiger partial charge in [0.25, 0.3) is 0 Å². The number of hydrogen-bond donors (Lipinski definition) is 0. The van der Waals surface area contributed by atoms with E-state index in [0.717, 1.165) is 12.0 Å². The zero-order valence-electron chi connectivity index (χ0n) is 12.2. The van der Waals surface area contributed by atoms with Gasteiger partial charge < -0.3 is 0 Å². The molecule has 1 aromatic rings. The first-order valence-corrected chi connectivity index (χ1v) is 7.77. The van der Waals surface area contributed by atoms with Crippen molar-refractivity contribution >= 4 is 11.9 Å². The first kappa shape index (κ1) is 17.4. The highest BCUT2D eigenvalue weighted by atomic mass is 32.2. The Labute approximate surface area is 123 Å². The van der Waals surface area contributed by atoms with Crippen LogP contribution in [0.4, 0.5) is 13.2 Å². The second kappa shape index (κ2) is 7.93. The first-order chi connectivity index (χ1) is 9.32. The summed E-state index contributed by atoms with van der Waals surface area (Å²) in [7, 11) is 0. The van der Waals surface area contributed by atoms with Crippen molar-refractivity contribution < 1.29 is 13.2 Å². The van der Waals surface area contributed by atoms with Crippen molar-refractivity contribution in [3.63, 3.8) is 0 Å². The Hall–Kier alpha value is -0.680. The van der Waals surface area contributed by atoms with Crippen LogP contribution in [0.3, 0.4) is 0 Å². The SMILES string of the molecule is CCCN(CC(C)C(F)(F)F)SCc1ccc(C)cc1. The van der Waals surface area contributed by atoms with Gasteiger partial charge in [-0.15, -0.1) is 0 Å². The highest BCUT2D eigenvalue weighted by Crippen LogP contribution is 2.29. The molecule has 114 valence electrons. The Morgan fingerprint density at radius 2 is 1.80 bits per heavy atom. The van der Waals surface area contributed by atoms with Crippen LogP contribution in [0.25, 0.3) is 0 Å². The summed E-state index contributed by atoms with van der Waals surface area (Å²) < 4.78 is 39.7. The summed E-state index contributed by atoms with van der Waals surface area (Å²) in [5, 5.41) is 0. The summed E-state index contributed by atoms with van der Waals surface area (Å²) in [4.78, 5) is 0. The van der Waals surface area contributed by atoms with Crippen LogP contribution in [0, 0.1) is 12.8 Å². The van der Waals surface area contributed by atoms with Crippen LogP contribution in [0.15, 0.2) is 24.3 Å². The molecular weight excluding hydrogens is 283 g/mol. The van der Waals surface area contributed by atoms with Crippen LogP contribution in [-0.4, -0.2) is 23.6 Å². The molecule has 0 spiro atoms. The summed E-state index contributed by atoms with van der Waals surface area (Å²) in [6.45, 7) is 5.98. The number of hydrogen-bond acceptors (Lipinski definition) is 2. The van der Waals surface area contributed by atoms with Crippen LogP contribution in [0.2, 0.25) is 0 Å². The molecule has 1 rings (SSSR count). The maximum absolute atomic E-state index is 12.6. The molecule has 0 fully saturated rings. The van der Waals surface area contributed by atoms with Crippen molar-refractivity contribution in [1.29, 1.82) is 0 Å². The summed E-state index contributed by atoms with van der Waals surface area (Å²) in [5.74, 6) is -0.579. The van der Waals surface area contributed by atoms with E-state index in [4.69, 9.17) is 0 Å². The average Bonchev–Trinajstić information content (AvgIpc) is 2.37. The summed E-state index contributed by atoms with van der Waals surface area (Å²) >= 11 is 1.48. The fraction of sp³-hybridized carbons (Fsp3) is 0.600. The molecule has 1 atom stereocenters. The molecule has 0 N–H and O–H groups in total. The lowest BCUT2D eigenvalue weighted by molar-refractivity contribution is -0.171. The quantitative estimate of drug-likeness (QED) is 0.648. The van der Waals surface area contributed by atoms with Crippen LogP contribution in [0.1, 0.15) is 31.4 Å². The average molecular weight is 305 g/mol. The smallest absolute Gasteiger partial charge is 0.250 e. The van der Waals surface area contributed by atoms with Gasteiger partial charge in [0.2, 0.25) is 0 Å². The maximum atomic E-state index is 12.6. The van der Waals surface area contributed by atoms with E-state index in [1.807, 2.05) is 42.4 Å². The Balaban J connectivity index is 2.52. The second-order valence-electron chi connectivity index (χ2n) is 5.09. The van der Waals surface area contributed by atoms with Gasteiger partial charge in [-0.2, -0.15) is 13.2 Å². The van der Waals surface area contributed by atoms with Gasteiger partial charge in [0.1, 0.15) is 0 Å². The van der Waals surface area contributed by atoms with Crippen LogP contribution >= 0.6 is 11.9 Å². The fourth-order valence-electron chi connectivity index (χ4n) is 1.72. The van der Waals surface area contributed by atoms with E-state index < -0.39 is 12.1 Å². The van der Waals surface area contributed by atoms with Gasteiger partial charge in [-0.05, 0) is 18.9 Å². The lowest BCUT2D eigenvalue weighted by Gasteiger charge is -2.25. The number of benzene rings is 1. The highest BCUT2D eigenvalue weighted by molar-refractivity contribution is 7.96. The summed E-state index contributed by atoms with van der Waals surface area (Å²) in [6, 6.07) is 8.11. The van der Waals surface area contributed by atoms with E-state index in [1.54, 1.807) is 0 Å². The molecule has 0 amide bonds. The predicted octanol–water partition coefficient (Wildman–Crippen LogP) is 5.05. The standard InChI is InChI=1S/C15H22F3NS/c1-4-9-19(10-13(3)15(16,17)18)20-11-14-7-5-12(2)6-8-14/h5-8,13H,4,9-11H2,1-3H3. The minimum absolute atomic E-state index is 0.0495. The molecule has 5 heteroatoms. The van der Waals surface area contributed by atoms with Gasteiger partial charge in [0.05, 0.1) is 5.92 Å². The number of rotatable bonds is 7. The van der Waals surface area contributed by atoms with E-state index in [2.05, 4.69) is 0 Å². The molecular formula is C15H22F3NS. The molecule has 0 saturated heterocycles. The fourth-order valence-corrected chi connectivity index (χ4v) is 2.88. The summed E-state index contributed by atoms with van der Waals surface area (Å²) in [6.07, 6.45) is -3.26. The number of alkyl halides is 3. The van der Waals surface area contributed by atoms with E-state index in [1.165, 1.54) is 24.4 Å². The second-order valence-corrected chi connectivity index (χ2v) is 6.15. The molecule has 1 unspecified atom stereocenters. The van der Waals surface area contributed by atoms with Crippen molar-refractivity contribution in [1.82, 2.24) is 4.31 Å². The molecule has 0 aliphatic rings. The molecule has 0 aliphatic carbocycles. The van der Waals surface area contributed by atoms with Crippen LogP contribution in [0.5, 0.6) is 0 Å². The summed E-state index contributed by atoms with van der Waals surface area (Å²) in [5.41, 5.74) is 2.33. The van der Waals surface area contributed by atoms with Gasteiger partial charge in [0, 0.05) is 18.8 Å². The Bertz CT molecular complexity index is 389. The molecule has 1 nitrogen and oxygen atoms in total. The van der Waals surface area contributed by atoms with Crippen molar-refractivity contribution in [2.45, 2.75) is 39.1 Å². The maximum Gasteiger partial charge on any atom is 0.392 e. The number of aryl methyl sites for hydroxylation is 1. The normalized spacial score (nSPS) is 13.8. The van der Waals surface area contributed by atoms with Crippen LogP contribution in [-0.2, 0) is 5.75 Å². The topological polar surface area (TPSA) is 3.24 Å².